The second kappa shape index (κ2) is 14.7. The van der Waals surface area contributed by atoms with Gasteiger partial charge in [0, 0.05) is 13.5 Å². The van der Waals surface area contributed by atoms with Crippen LogP contribution in [-0.4, -0.2) is 87.4 Å². The van der Waals surface area contributed by atoms with Crippen LogP contribution in [0.3, 0.4) is 0 Å². The highest BCUT2D eigenvalue weighted by Gasteiger charge is 2.62. The van der Waals surface area contributed by atoms with Gasteiger partial charge in [-0.1, -0.05) is 59.1 Å². The molecule has 2 aromatic rings. The summed E-state index contributed by atoms with van der Waals surface area (Å²) in [6.07, 6.45) is 5.90. The summed E-state index contributed by atoms with van der Waals surface area (Å²) >= 11 is 0. The second-order valence-electron chi connectivity index (χ2n) is 16.4. The number of fused-ring (bicyclic) bond motifs is 5. The van der Waals surface area contributed by atoms with Gasteiger partial charge in [0.15, 0.2) is 0 Å². The molecule has 14 heteroatoms. The molecule has 5 bridgehead atoms. The predicted molar refractivity (Wildman–Crippen MR) is 199 cm³/mol. The molecule has 2 aromatic carbocycles. The number of hydrogen-bond acceptors (Lipinski definition) is 9. The molecular formula is C39H54N4O9S. The quantitative estimate of drug-likeness (QED) is 0.370. The van der Waals surface area contributed by atoms with E-state index < -0.39 is 67.7 Å². The van der Waals surface area contributed by atoms with Crippen molar-refractivity contribution in [3.8, 4) is 5.75 Å². The van der Waals surface area contributed by atoms with Crippen LogP contribution in [0.1, 0.15) is 96.6 Å². The fourth-order valence-electron chi connectivity index (χ4n) is 7.85. The summed E-state index contributed by atoms with van der Waals surface area (Å²) in [5.74, 6) is -1.41. The van der Waals surface area contributed by atoms with Gasteiger partial charge in [0.1, 0.15) is 29.0 Å². The molecule has 2 saturated carbocycles. The van der Waals surface area contributed by atoms with Crippen LogP contribution >= 0.6 is 0 Å². The average Bonchev–Trinajstić information content (AvgIpc) is 4.03. The molecule has 0 unspecified atom stereocenters. The minimum Gasteiger partial charge on any atom is -0.496 e. The monoisotopic (exact) mass is 754 g/mol. The van der Waals surface area contributed by atoms with Crippen molar-refractivity contribution in [2.45, 2.75) is 120 Å². The molecule has 5 atom stereocenters. The third-order valence-electron chi connectivity index (χ3n) is 11.5. The van der Waals surface area contributed by atoms with Gasteiger partial charge in [0.25, 0.3) is 5.91 Å². The fourth-order valence-corrected chi connectivity index (χ4v) is 9.21. The van der Waals surface area contributed by atoms with Crippen LogP contribution in [0, 0.1) is 11.3 Å². The number of nitrogens with one attached hydrogen (secondary N) is 3. The van der Waals surface area contributed by atoms with Crippen molar-refractivity contribution in [3.63, 3.8) is 0 Å². The van der Waals surface area contributed by atoms with Gasteiger partial charge in [-0.05, 0) is 90.0 Å². The minimum absolute atomic E-state index is 0.0247. The average molecular weight is 755 g/mol. The van der Waals surface area contributed by atoms with Gasteiger partial charge in [0.2, 0.25) is 21.8 Å². The van der Waals surface area contributed by atoms with E-state index in [1.54, 1.807) is 21.1 Å². The van der Waals surface area contributed by atoms with Crippen molar-refractivity contribution in [2.75, 3.05) is 27.4 Å². The lowest BCUT2D eigenvalue weighted by Crippen LogP contribution is -2.60. The third-order valence-corrected chi connectivity index (χ3v) is 13.3. The number of benzene rings is 2. The third kappa shape index (κ3) is 7.99. The summed E-state index contributed by atoms with van der Waals surface area (Å²) in [4.78, 5) is 57.2. The SMILES string of the molecule is COc1cc2ccc3cc2cc1CCCCCCCOC(=O)N[C@@H](C(C)(C)C)C(=O)N1C[C@@]3(OC)C[C@H]1C(=O)N[C@]1(C(=O)NS(=O)(=O)C2CC2)C[C@H]1C. The van der Waals surface area contributed by atoms with E-state index >= 15 is 0 Å². The normalized spacial score (nSPS) is 28.6. The lowest BCUT2D eigenvalue weighted by atomic mass is 9.85. The summed E-state index contributed by atoms with van der Waals surface area (Å²) in [5.41, 5.74) is -1.53. The lowest BCUT2D eigenvalue weighted by Gasteiger charge is -2.36. The number of cyclic esters (lactones) is 1. The van der Waals surface area contributed by atoms with E-state index in [-0.39, 0.29) is 31.9 Å². The molecule has 3 N–H and O–H groups in total. The number of rotatable bonds is 7. The Labute approximate surface area is 312 Å². The number of carbonyl (C=O) groups excluding carboxylic acids is 4. The number of ether oxygens (including phenoxy) is 3. The number of amides is 4. The molecule has 4 amide bonds. The van der Waals surface area contributed by atoms with Crippen molar-refractivity contribution in [1.82, 2.24) is 20.3 Å². The van der Waals surface area contributed by atoms with E-state index in [1.807, 2.05) is 45.0 Å². The maximum Gasteiger partial charge on any atom is 0.407 e. The standard InChI is InChI=1S/C39H54N4O9S/c1-24-21-39(24,35(46)42-53(48,49)29-15-16-29)41-33(44)30-22-38(51-6)23-43(30)34(45)32(37(2,3)4)40-36(47)52-17-11-9-7-8-10-12-26-18-27-19-28(38)14-13-25(27)20-31(26)50-5/h13-14,18-20,24,29-30,32H,7-12,15-17,21-23H2,1-6H3,(H,40,47)(H,41,44)(H,42,46)/t24-,30+,32-,38+,39-/m1/s1. The zero-order chi connectivity index (χ0) is 38.3. The van der Waals surface area contributed by atoms with Gasteiger partial charge in [0.05, 0.1) is 25.5 Å². The Morgan fingerprint density at radius 3 is 2.32 bits per heavy atom. The van der Waals surface area contributed by atoms with Crippen LogP contribution in [0.5, 0.6) is 5.75 Å². The van der Waals surface area contributed by atoms with E-state index in [4.69, 9.17) is 14.2 Å². The first-order valence-electron chi connectivity index (χ1n) is 18.8. The topological polar surface area (TPSA) is 169 Å². The number of sulfonamides is 1. The Bertz CT molecular complexity index is 1870. The zero-order valence-electron chi connectivity index (χ0n) is 31.7. The van der Waals surface area contributed by atoms with E-state index in [2.05, 4.69) is 21.4 Å². The number of aryl methyl sites for hydroxylation is 1. The Balaban J connectivity index is 1.39. The van der Waals surface area contributed by atoms with Gasteiger partial charge in [-0.25, -0.2) is 13.2 Å². The zero-order valence-corrected chi connectivity index (χ0v) is 32.5. The van der Waals surface area contributed by atoms with Crippen LogP contribution < -0.4 is 20.1 Å². The molecule has 4 aliphatic rings. The van der Waals surface area contributed by atoms with Crippen LogP contribution in [-0.2, 0) is 45.9 Å². The fraction of sp³-hybridized carbons (Fsp3) is 0.641. The predicted octanol–water partition coefficient (Wildman–Crippen LogP) is 4.44. The van der Waals surface area contributed by atoms with Crippen LogP contribution in [0.4, 0.5) is 4.79 Å². The summed E-state index contributed by atoms with van der Waals surface area (Å²) in [6.45, 7) is 7.42. The highest BCUT2D eigenvalue weighted by molar-refractivity contribution is 7.91. The first-order valence-corrected chi connectivity index (χ1v) is 20.4. The van der Waals surface area contributed by atoms with E-state index in [0.717, 1.165) is 59.8 Å². The number of carbonyl (C=O) groups is 4. The van der Waals surface area contributed by atoms with Gasteiger partial charge < -0.3 is 29.7 Å². The molecule has 290 valence electrons. The molecule has 0 aromatic heterocycles. The number of methoxy groups -OCH3 is 2. The molecule has 2 aliphatic heterocycles. The van der Waals surface area contributed by atoms with Gasteiger partial charge >= 0.3 is 6.09 Å². The molecule has 3 fully saturated rings. The molecule has 0 radical (unpaired) electrons. The molecule has 53 heavy (non-hydrogen) atoms. The van der Waals surface area contributed by atoms with Gasteiger partial charge in [-0.2, -0.15) is 0 Å². The summed E-state index contributed by atoms with van der Waals surface area (Å²) in [6, 6.07) is 7.89. The van der Waals surface area contributed by atoms with Crippen molar-refractivity contribution >= 4 is 44.6 Å². The molecule has 0 spiro atoms. The lowest BCUT2D eigenvalue weighted by molar-refractivity contribution is -0.143. The van der Waals surface area contributed by atoms with Crippen molar-refractivity contribution in [1.29, 1.82) is 0 Å². The Morgan fingerprint density at radius 2 is 1.68 bits per heavy atom. The van der Waals surface area contributed by atoms with E-state index in [0.29, 0.717) is 19.3 Å². The first kappa shape index (κ1) is 38.8. The summed E-state index contributed by atoms with van der Waals surface area (Å²) in [5, 5.41) is 6.97. The molecule has 1 saturated heterocycles. The number of nitrogens with zero attached hydrogens (tertiary/aromatic N) is 1. The molecule has 2 aliphatic carbocycles. The number of hydrogen-bond donors (Lipinski definition) is 3. The first-order chi connectivity index (χ1) is 25.0. The summed E-state index contributed by atoms with van der Waals surface area (Å²) < 4.78 is 45.2. The Morgan fingerprint density at radius 1 is 0.981 bits per heavy atom. The Hall–Kier alpha value is -3.91. The molecule has 2 heterocycles. The molecular weight excluding hydrogens is 701 g/mol. The van der Waals surface area contributed by atoms with E-state index in [1.165, 1.54) is 4.90 Å². The maximum atomic E-state index is 14.7. The highest BCUT2D eigenvalue weighted by Crippen LogP contribution is 2.46. The van der Waals surface area contributed by atoms with Crippen LogP contribution in [0.15, 0.2) is 30.3 Å². The van der Waals surface area contributed by atoms with Crippen LogP contribution in [0.2, 0.25) is 0 Å². The second-order valence-corrected chi connectivity index (χ2v) is 18.4. The highest BCUT2D eigenvalue weighted by atomic mass is 32.2. The van der Waals surface area contributed by atoms with Gasteiger partial charge in [-0.15, -0.1) is 0 Å². The van der Waals surface area contributed by atoms with E-state index in [9.17, 15) is 27.6 Å². The molecule has 6 rings (SSSR count). The van der Waals surface area contributed by atoms with Crippen molar-refractivity contribution in [3.05, 3.63) is 41.5 Å². The number of alkyl carbamates (subject to hydrolysis) is 1. The molecule has 13 nitrogen and oxygen atoms in total. The summed E-state index contributed by atoms with van der Waals surface area (Å²) in [7, 11) is -0.647. The van der Waals surface area contributed by atoms with Crippen LogP contribution in [0.25, 0.3) is 10.8 Å². The van der Waals surface area contributed by atoms with Crippen molar-refractivity contribution in [2.24, 2.45) is 11.3 Å². The Kier molecular flexibility index (Phi) is 10.8. The minimum atomic E-state index is -3.86. The van der Waals surface area contributed by atoms with Crippen molar-refractivity contribution < 1.29 is 41.8 Å². The maximum absolute atomic E-state index is 14.7. The van der Waals surface area contributed by atoms with Gasteiger partial charge in [-0.3, -0.25) is 19.1 Å². The smallest absolute Gasteiger partial charge is 0.407 e. The largest absolute Gasteiger partial charge is 0.496 e.